The molecule has 1 aliphatic rings. The van der Waals surface area contributed by atoms with Gasteiger partial charge in [-0.25, -0.2) is 9.18 Å². The highest BCUT2D eigenvalue weighted by Crippen LogP contribution is 2.23. The zero-order chi connectivity index (χ0) is 20.0. The summed E-state index contributed by atoms with van der Waals surface area (Å²) in [5, 5.41) is 12.1. The number of halogens is 1. The molecule has 0 aliphatic carbocycles. The average molecular weight is 377 g/mol. The lowest BCUT2D eigenvalue weighted by molar-refractivity contribution is 0.00546. The number of nitrogens with zero attached hydrogens (tertiary/aromatic N) is 2. The molecule has 1 amide bonds. The predicted octanol–water partition coefficient (Wildman–Crippen LogP) is 3.20. The Hall–Kier alpha value is -2.17. The fourth-order valence-corrected chi connectivity index (χ4v) is 3.22. The summed E-state index contributed by atoms with van der Waals surface area (Å²) in [4.78, 5) is 14.2. The van der Waals surface area contributed by atoms with Crippen molar-refractivity contribution in [3.63, 3.8) is 0 Å². The number of carbonyl (C=O) groups excluding carboxylic acids is 1. The number of nitrogens with one attached hydrogen (secondary N) is 1. The van der Waals surface area contributed by atoms with Crippen LogP contribution in [0, 0.1) is 17.1 Å². The van der Waals surface area contributed by atoms with Gasteiger partial charge in [-0.15, -0.1) is 0 Å². The average Bonchev–Trinajstić information content (AvgIpc) is 2.60. The van der Waals surface area contributed by atoms with Crippen LogP contribution >= 0.6 is 0 Å². The number of likely N-dealkylation sites (tertiary alicyclic amines) is 1. The molecule has 1 aromatic carbocycles. The number of alkyl carbamates (subject to hydrolysis) is 1. The number of rotatable bonds is 5. The van der Waals surface area contributed by atoms with Gasteiger partial charge >= 0.3 is 6.09 Å². The van der Waals surface area contributed by atoms with Crippen molar-refractivity contribution in [2.45, 2.75) is 57.9 Å². The molecule has 0 saturated carbocycles. The number of hydrogen-bond acceptors (Lipinski definition) is 5. The molecular formula is C20H28FN3O3. The van der Waals surface area contributed by atoms with Crippen LogP contribution in [0.2, 0.25) is 0 Å². The van der Waals surface area contributed by atoms with Crippen molar-refractivity contribution in [3.05, 3.63) is 35.1 Å². The first kappa shape index (κ1) is 21.1. The lowest BCUT2D eigenvalue weighted by Gasteiger charge is -2.39. The summed E-state index contributed by atoms with van der Waals surface area (Å²) in [5.41, 5.74) is 0.557. The zero-order valence-corrected chi connectivity index (χ0v) is 16.4. The molecule has 1 fully saturated rings. The van der Waals surface area contributed by atoms with Crippen molar-refractivity contribution in [1.82, 2.24) is 10.2 Å². The number of hydrogen-bond donors (Lipinski definition) is 1. The van der Waals surface area contributed by atoms with Crippen molar-refractivity contribution >= 4 is 6.09 Å². The van der Waals surface area contributed by atoms with Gasteiger partial charge in [0.25, 0.3) is 0 Å². The molecule has 2 atom stereocenters. The lowest BCUT2D eigenvalue weighted by Crippen LogP contribution is -2.50. The van der Waals surface area contributed by atoms with Crippen LogP contribution in [0.4, 0.5) is 9.18 Å². The number of benzene rings is 1. The Morgan fingerprint density at radius 1 is 1.44 bits per heavy atom. The summed E-state index contributed by atoms with van der Waals surface area (Å²) < 4.78 is 24.2. The van der Waals surface area contributed by atoms with Crippen LogP contribution in [-0.2, 0) is 16.0 Å². The van der Waals surface area contributed by atoms with Crippen molar-refractivity contribution in [2.75, 3.05) is 20.2 Å². The monoisotopic (exact) mass is 377 g/mol. The maximum absolute atomic E-state index is 13.4. The largest absolute Gasteiger partial charge is 0.444 e. The fraction of sp³-hybridized carbons (Fsp3) is 0.600. The number of methoxy groups -OCH3 is 1. The van der Waals surface area contributed by atoms with Crippen molar-refractivity contribution in [2.24, 2.45) is 0 Å². The van der Waals surface area contributed by atoms with Crippen LogP contribution in [0.1, 0.15) is 44.7 Å². The van der Waals surface area contributed by atoms with Gasteiger partial charge in [-0.3, -0.25) is 4.90 Å². The van der Waals surface area contributed by atoms with Crippen molar-refractivity contribution in [3.8, 4) is 6.07 Å². The molecule has 2 rings (SSSR count). The standard InChI is InChI=1S/C20H28FN3O3/c1-20(2,3)27-19(25)23-12-17-10-18(26-4)7-8-24(17)13-14-5-6-16(21)9-15(14)11-22/h5-6,9,17-18H,7-8,10,12-13H2,1-4H3,(H,23,25)/t17-,18+/m1/s1. The Kier molecular flexibility index (Phi) is 7.17. The molecule has 0 radical (unpaired) electrons. The molecule has 1 N–H and O–H groups in total. The van der Waals surface area contributed by atoms with E-state index in [1.807, 2.05) is 20.8 Å². The number of ether oxygens (including phenoxy) is 2. The van der Waals surface area contributed by atoms with E-state index in [-0.39, 0.29) is 12.1 Å². The van der Waals surface area contributed by atoms with Gasteiger partial charge in [0.2, 0.25) is 0 Å². The molecule has 0 unspecified atom stereocenters. The van der Waals surface area contributed by atoms with Crippen molar-refractivity contribution < 1.29 is 18.7 Å². The Morgan fingerprint density at radius 3 is 2.81 bits per heavy atom. The van der Waals surface area contributed by atoms with Gasteiger partial charge < -0.3 is 14.8 Å². The number of piperidine rings is 1. The van der Waals surface area contributed by atoms with E-state index in [1.165, 1.54) is 12.1 Å². The minimum Gasteiger partial charge on any atom is -0.444 e. The quantitative estimate of drug-likeness (QED) is 0.853. The highest BCUT2D eigenvalue weighted by atomic mass is 19.1. The third kappa shape index (κ3) is 6.49. The lowest BCUT2D eigenvalue weighted by atomic mass is 9.97. The maximum Gasteiger partial charge on any atom is 0.407 e. The second kappa shape index (κ2) is 9.16. The van der Waals surface area contributed by atoms with Gasteiger partial charge in [-0.05, 0) is 51.3 Å². The Labute approximate surface area is 160 Å². The molecule has 1 aliphatic heterocycles. The molecule has 0 spiro atoms. The fourth-order valence-electron chi connectivity index (χ4n) is 3.22. The summed E-state index contributed by atoms with van der Waals surface area (Å²) in [7, 11) is 1.69. The first-order valence-electron chi connectivity index (χ1n) is 9.14. The van der Waals surface area contributed by atoms with Gasteiger partial charge in [0.1, 0.15) is 11.4 Å². The molecule has 0 aromatic heterocycles. The summed E-state index contributed by atoms with van der Waals surface area (Å²) in [6.07, 6.45) is 1.29. The Morgan fingerprint density at radius 2 is 2.19 bits per heavy atom. The van der Waals surface area contributed by atoms with Crippen molar-refractivity contribution in [1.29, 1.82) is 5.26 Å². The van der Waals surface area contributed by atoms with Gasteiger partial charge in [0.05, 0.1) is 17.7 Å². The normalized spacial score (nSPS) is 20.7. The molecule has 6 nitrogen and oxygen atoms in total. The Balaban J connectivity index is 2.06. The highest BCUT2D eigenvalue weighted by molar-refractivity contribution is 5.67. The second-order valence-corrected chi connectivity index (χ2v) is 7.80. The first-order chi connectivity index (χ1) is 12.7. The third-order valence-electron chi connectivity index (χ3n) is 4.57. The molecule has 0 bridgehead atoms. The van der Waals surface area contributed by atoms with Gasteiger partial charge in [-0.1, -0.05) is 6.07 Å². The van der Waals surface area contributed by atoms with Crippen LogP contribution in [0.5, 0.6) is 0 Å². The highest BCUT2D eigenvalue weighted by Gasteiger charge is 2.29. The minimum absolute atomic E-state index is 0.0350. The van der Waals surface area contributed by atoms with E-state index in [1.54, 1.807) is 13.2 Å². The second-order valence-electron chi connectivity index (χ2n) is 7.80. The van der Waals surface area contributed by atoms with Crippen LogP contribution in [0.3, 0.4) is 0 Å². The van der Waals surface area contributed by atoms with Gasteiger partial charge in [-0.2, -0.15) is 5.26 Å². The van der Waals surface area contributed by atoms with Gasteiger partial charge in [0.15, 0.2) is 0 Å². The summed E-state index contributed by atoms with van der Waals surface area (Å²) in [6.45, 7) is 7.15. The van der Waals surface area contributed by atoms with Gasteiger partial charge in [0, 0.05) is 32.8 Å². The van der Waals surface area contributed by atoms with E-state index < -0.39 is 17.5 Å². The maximum atomic E-state index is 13.4. The van der Waals surface area contributed by atoms with Crippen LogP contribution in [0.25, 0.3) is 0 Å². The Bertz CT molecular complexity index is 697. The molecule has 1 heterocycles. The summed E-state index contributed by atoms with van der Waals surface area (Å²) in [5.74, 6) is -0.420. The molecule has 1 aromatic rings. The third-order valence-corrected chi connectivity index (χ3v) is 4.57. The molecule has 27 heavy (non-hydrogen) atoms. The van der Waals surface area contributed by atoms with Crippen LogP contribution < -0.4 is 5.32 Å². The number of nitriles is 1. The van der Waals surface area contributed by atoms with E-state index in [0.29, 0.717) is 18.7 Å². The summed E-state index contributed by atoms with van der Waals surface area (Å²) in [6, 6.07) is 6.36. The van der Waals surface area contributed by atoms with E-state index in [0.717, 1.165) is 24.9 Å². The van der Waals surface area contributed by atoms with E-state index >= 15 is 0 Å². The molecule has 7 heteroatoms. The van der Waals surface area contributed by atoms with E-state index in [9.17, 15) is 14.4 Å². The summed E-state index contributed by atoms with van der Waals surface area (Å²) >= 11 is 0. The predicted molar refractivity (Wildman–Crippen MR) is 99.6 cm³/mol. The molecule has 1 saturated heterocycles. The number of amides is 1. The van der Waals surface area contributed by atoms with Crippen LogP contribution in [0.15, 0.2) is 18.2 Å². The molecular weight excluding hydrogens is 349 g/mol. The van der Waals surface area contributed by atoms with E-state index in [2.05, 4.69) is 16.3 Å². The SMILES string of the molecule is CO[C@H]1CCN(Cc2ccc(F)cc2C#N)[C@@H](CNC(=O)OC(C)(C)C)C1. The van der Waals surface area contributed by atoms with E-state index in [4.69, 9.17) is 9.47 Å². The number of carbonyl (C=O) groups is 1. The minimum atomic E-state index is -0.554. The molecule has 148 valence electrons. The zero-order valence-electron chi connectivity index (χ0n) is 16.4. The first-order valence-corrected chi connectivity index (χ1v) is 9.14. The van der Waals surface area contributed by atoms with Crippen LogP contribution in [-0.4, -0.2) is 48.9 Å². The topological polar surface area (TPSA) is 74.6 Å². The smallest absolute Gasteiger partial charge is 0.407 e.